The molecule has 1 aromatic rings. The Morgan fingerprint density at radius 1 is 1.38 bits per heavy atom. The predicted molar refractivity (Wildman–Crippen MR) is 54.0 cm³/mol. The fourth-order valence-corrected chi connectivity index (χ4v) is 3.21. The van der Waals surface area contributed by atoms with Crippen molar-refractivity contribution >= 4 is 21.6 Å². The van der Waals surface area contributed by atoms with E-state index >= 15 is 0 Å². The molecule has 13 heavy (non-hydrogen) atoms. The minimum Gasteiger partial charge on any atom is -0.224 e. The van der Waals surface area contributed by atoms with Gasteiger partial charge in [-0.15, -0.1) is 11.8 Å². The van der Waals surface area contributed by atoms with E-state index in [2.05, 4.69) is 0 Å². The smallest absolute Gasteiger partial charge is 0.175 e. The van der Waals surface area contributed by atoms with E-state index in [9.17, 15) is 8.42 Å². The number of thioether (sulfide) groups is 1. The second-order valence-corrected chi connectivity index (χ2v) is 6.29. The Balaban J connectivity index is 2.54. The summed E-state index contributed by atoms with van der Waals surface area (Å²) in [6.45, 7) is 0. The molecule has 2 nitrogen and oxygen atoms in total. The Bertz CT molecular complexity index is 435. The van der Waals surface area contributed by atoms with Crippen LogP contribution in [0.1, 0.15) is 5.56 Å². The molecule has 0 radical (unpaired) electrons. The quantitative estimate of drug-likeness (QED) is 0.714. The van der Waals surface area contributed by atoms with Crippen LogP contribution in [0.4, 0.5) is 0 Å². The number of sulfone groups is 1. The highest BCUT2D eigenvalue weighted by Gasteiger charge is 2.14. The molecule has 0 saturated carbocycles. The first-order chi connectivity index (χ1) is 6.07. The van der Waals surface area contributed by atoms with Crippen LogP contribution in [0.3, 0.4) is 0 Å². The standard InChI is InChI=1S/C9H10O2S2/c1-13(10,11)8-3-2-7-4-5-12-9(7)6-8/h2-3,6H,4-5H2,1H3. The van der Waals surface area contributed by atoms with E-state index in [1.54, 1.807) is 23.9 Å². The molecule has 1 aliphatic rings. The maximum atomic E-state index is 11.2. The van der Waals surface area contributed by atoms with Crippen molar-refractivity contribution in [2.24, 2.45) is 0 Å². The van der Waals surface area contributed by atoms with Gasteiger partial charge in [-0.3, -0.25) is 0 Å². The molecule has 0 spiro atoms. The van der Waals surface area contributed by atoms with E-state index in [-0.39, 0.29) is 0 Å². The normalized spacial score (nSPS) is 15.8. The molecular weight excluding hydrogens is 204 g/mol. The van der Waals surface area contributed by atoms with Gasteiger partial charge < -0.3 is 0 Å². The SMILES string of the molecule is CS(=O)(=O)c1ccc2c(c1)SCC2. The van der Waals surface area contributed by atoms with Crippen LogP contribution in [0.5, 0.6) is 0 Å². The molecule has 0 aliphatic carbocycles. The zero-order chi connectivity index (χ0) is 9.47. The summed E-state index contributed by atoms with van der Waals surface area (Å²) in [5.74, 6) is 1.07. The summed E-state index contributed by atoms with van der Waals surface area (Å²) in [4.78, 5) is 1.56. The molecule has 0 amide bonds. The Hall–Kier alpha value is -0.480. The number of hydrogen-bond acceptors (Lipinski definition) is 3. The predicted octanol–water partition coefficient (Wildman–Crippen LogP) is 1.74. The first-order valence-corrected chi connectivity index (χ1v) is 6.91. The van der Waals surface area contributed by atoms with Gasteiger partial charge in [-0.2, -0.15) is 0 Å². The highest BCUT2D eigenvalue weighted by Crippen LogP contribution is 2.32. The maximum Gasteiger partial charge on any atom is 0.175 e. The first kappa shape index (κ1) is 9.09. The molecule has 1 heterocycles. The van der Waals surface area contributed by atoms with Gasteiger partial charge in [0.25, 0.3) is 0 Å². The Kier molecular flexibility index (Phi) is 2.12. The van der Waals surface area contributed by atoms with Crippen molar-refractivity contribution in [1.29, 1.82) is 0 Å². The summed E-state index contributed by atoms with van der Waals surface area (Å²) in [5, 5.41) is 0. The first-order valence-electron chi connectivity index (χ1n) is 4.03. The van der Waals surface area contributed by atoms with Gasteiger partial charge >= 0.3 is 0 Å². The molecule has 0 unspecified atom stereocenters. The lowest BCUT2D eigenvalue weighted by Crippen LogP contribution is -1.97. The monoisotopic (exact) mass is 214 g/mol. The lowest BCUT2D eigenvalue weighted by atomic mass is 10.2. The second-order valence-electron chi connectivity index (χ2n) is 3.14. The van der Waals surface area contributed by atoms with Gasteiger partial charge in [0.1, 0.15) is 0 Å². The Morgan fingerprint density at radius 2 is 2.15 bits per heavy atom. The third-order valence-electron chi connectivity index (χ3n) is 2.10. The number of benzene rings is 1. The van der Waals surface area contributed by atoms with E-state index in [1.165, 1.54) is 11.8 Å². The van der Waals surface area contributed by atoms with Crippen molar-refractivity contribution < 1.29 is 8.42 Å². The van der Waals surface area contributed by atoms with Crippen molar-refractivity contribution in [3.05, 3.63) is 23.8 Å². The summed E-state index contributed by atoms with van der Waals surface area (Å²) in [7, 11) is -3.04. The molecule has 0 fully saturated rings. The third kappa shape index (κ3) is 1.74. The molecule has 0 N–H and O–H groups in total. The number of fused-ring (bicyclic) bond motifs is 1. The molecule has 0 aromatic heterocycles. The van der Waals surface area contributed by atoms with Gasteiger partial charge in [0.15, 0.2) is 9.84 Å². The van der Waals surface area contributed by atoms with Gasteiger partial charge in [-0.1, -0.05) is 6.07 Å². The molecule has 0 bridgehead atoms. The van der Waals surface area contributed by atoms with Crippen molar-refractivity contribution in [1.82, 2.24) is 0 Å². The zero-order valence-corrected chi connectivity index (χ0v) is 8.91. The molecule has 0 atom stereocenters. The zero-order valence-electron chi connectivity index (χ0n) is 7.28. The van der Waals surface area contributed by atoms with E-state index in [0.29, 0.717) is 4.90 Å². The van der Waals surface area contributed by atoms with Crippen molar-refractivity contribution in [2.75, 3.05) is 12.0 Å². The summed E-state index contributed by atoms with van der Waals surface area (Å²) < 4.78 is 22.4. The average molecular weight is 214 g/mol. The van der Waals surface area contributed by atoms with Crippen LogP contribution in [0, 0.1) is 0 Å². The Labute approximate surface area is 82.3 Å². The molecule has 0 saturated heterocycles. The summed E-state index contributed by atoms with van der Waals surface area (Å²) in [6.07, 6.45) is 2.30. The molecular formula is C9H10O2S2. The highest BCUT2D eigenvalue weighted by atomic mass is 32.2. The number of aryl methyl sites for hydroxylation is 1. The largest absolute Gasteiger partial charge is 0.224 e. The van der Waals surface area contributed by atoms with Crippen LogP contribution in [0.2, 0.25) is 0 Å². The lowest BCUT2D eigenvalue weighted by molar-refractivity contribution is 0.601. The average Bonchev–Trinajstić information content (AvgIpc) is 2.47. The maximum absolute atomic E-state index is 11.2. The minimum absolute atomic E-state index is 0.431. The Morgan fingerprint density at radius 3 is 2.85 bits per heavy atom. The van der Waals surface area contributed by atoms with Gasteiger partial charge in [0.05, 0.1) is 4.90 Å². The van der Waals surface area contributed by atoms with E-state index in [1.807, 2.05) is 6.07 Å². The second kappa shape index (κ2) is 3.03. The fourth-order valence-electron chi connectivity index (χ4n) is 1.38. The number of rotatable bonds is 1. The molecule has 2 rings (SSSR count). The van der Waals surface area contributed by atoms with Crippen molar-refractivity contribution in [2.45, 2.75) is 16.2 Å². The highest BCUT2D eigenvalue weighted by molar-refractivity contribution is 7.99. The van der Waals surface area contributed by atoms with Crippen LogP contribution >= 0.6 is 11.8 Å². The van der Waals surface area contributed by atoms with E-state index in [0.717, 1.165) is 17.1 Å². The fraction of sp³-hybridized carbons (Fsp3) is 0.333. The molecule has 70 valence electrons. The number of hydrogen-bond donors (Lipinski definition) is 0. The molecule has 1 aromatic carbocycles. The third-order valence-corrected chi connectivity index (χ3v) is 4.31. The van der Waals surface area contributed by atoms with Gasteiger partial charge in [0, 0.05) is 16.9 Å². The summed E-state index contributed by atoms with van der Waals surface area (Å²) in [5.41, 5.74) is 1.28. The van der Waals surface area contributed by atoms with Gasteiger partial charge in [0.2, 0.25) is 0 Å². The van der Waals surface area contributed by atoms with Gasteiger partial charge in [-0.25, -0.2) is 8.42 Å². The molecule has 1 aliphatic heterocycles. The molecule has 4 heteroatoms. The van der Waals surface area contributed by atoms with Crippen LogP contribution in [0.25, 0.3) is 0 Å². The van der Waals surface area contributed by atoms with Crippen LogP contribution in [-0.4, -0.2) is 20.4 Å². The van der Waals surface area contributed by atoms with Crippen molar-refractivity contribution in [3.63, 3.8) is 0 Å². The van der Waals surface area contributed by atoms with Crippen molar-refractivity contribution in [3.8, 4) is 0 Å². The van der Waals surface area contributed by atoms with Crippen LogP contribution in [0.15, 0.2) is 28.0 Å². The van der Waals surface area contributed by atoms with Crippen LogP contribution < -0.4 is 0 Å². The van der Waals surface area contributed by atoms with E-state index < -0.39 is 9.84 Å². The van der Waals surface area contributed by atoms with Crippen LogP contribution in [-0.2, 0) is 16.3 Å². The summed E-state index contributed by atoms with van der Waals surface area (Å²) in [6, 6.07) is 5.40. The summed E-state index contributed by atoms with van der Waals surface area (Å²) >= 11 is 1.73. The van der Waals surface area contributed by atoms with Gasteiger partial charge in [-0.05, 0) is 24.1 Å². The minimum atomic E-state index is -3.04. The topological polar surface area (TPSA) is 34.1 Å². The van der Waals surface area contributed by atoms with E-state index in [4.69, 9.17) is 0 Å². The lowest BCUT2D eigenvalue weighted by Gasteiger charge is -2.01.